The summed E-state index contributed by atoms with van der Waals surface area (Å²) in [5, 5.41) is 49.3. The predicted octanol–water partition coefficient (Wildman–Crippen LogP) is 5.65. The summed E-state index contributed by atoms with van der Waals surface area (Å²) in [5.41, 5.74) is -0.175. The Bertz CT molecular complexity index is 2980. The highest BCUT2D eigenvalue weighted by molar-refractivity contribution is 6.16. The first-order valence-electron chi connectivity index (χ1n) is 23.3. The fourth-order valence-electron chi connectivity index (χ4n) is 9.56. The number of carbonyl (C=O) groups is 2. The largest absolute Gasteiger partial charge is 0.507 e. The van der Waals surface area contributed by atoms with Gasteiger partial charge < -0.3 is 54.0 Å². The van der Waals surface area contributed by atoms with Gasteiger partial charge in [0.15, 0.2) is 22.4 Å². The van der Waals surface area contributed by atoms with E-state index >= 15 is 0 Å². The van der Waals surface area contributed by atoms with E-state index in [1.54, 1.807) is 45.9 Å². The Morgan fingerprint density at radius 2 is 1.64 bits per heavy atom. The van der Waals surface area contributed by atoms with Crippen molar-refractivity contribution < 1.29 is 53.4 Å². The minimum Gasteiger partial charge on any atom is -0.507 e. The van der Waals surface area contributed by atoms with Crippen LogP contribution >= 0.6 is 0 Å². The Balaban J connectivity index is 1.45. The van der Waals surface area contributed by atoms with Crippen LogP contribution in [0.3, 0.4) is 0 Å². The van der Waals surface area contributed by atoms with Gasteiger partial charge in [-0.25, -0.2) is 4.98 Å². The third-order valence-corrected chi connectivity index (χ3v) is 13.9. The van der Waals surface area contributed by atoms with Crippen molar-refractivity contribution in [1.82, 2.24) is 9.88 Å². The smallest absolute Gasteiger partial charge is 0.307 e. The quantitative estimate of drug-likeness (QED) is 0.0705. The number of ether oxygens (including phenoxy) is 4. The minimum absolute atomic E-state index is 0.0319. The van der Waals surface area contributed by atoms with Gasteiger partial charge in [0.2, 0.25) is 10.9 Å². The van der Waals surface area contributed by atoms with Gasteiger partial charge in [0, 0.05) is 112 Å². The van der Waals surface area contributed by atoms with Crippen LogP contribution in [0.1, 0.15) is 67.9 Å². The summed E-state index contributed by atoms with van der Waals surface area (Å²) >= 11 is 0. The van der Waals surface area contributed by atoms with E-state index in [1.807, 2.05) is 0 Å². The molecule has 1 saturated heterocycles. The topological polar surface area (TPSA) is 231 Å². The van der Waals surface area contributed by atoms with E-state index in [0.29, 0.717) is 18.8 Å². The summed E-state index contributed by atoms with van der Waals surface area (Å²) in [4.78, 5) is 64.7. The number of allylic oxidation sites excluding steroid dienone is 3. The first kappa shape index (κ1) is 50.6. The van der Waals surface area contributed by atoms with Crippen LogP contribution in [0, 0.1) is 30.6 Å². The van der Waals surface area contributed by atoms with Crippen molar-refractivity contribution in [3.05, 3.63) is 91.1 Å². The van der Waals surface area contributed by atoms with Crippen molar-refractivity contribution in [2.24, 2.45) is 23.7 Å². The normalized spacial score (nSPS) is 29.1. The zero-order chi connectivity index (χ0) is 50.4. The van der Waals surface area contributed by atoms with Crippen LogP contribution in [0.15, 0.2) is 73.9 Å². The first-order chi connectivity index (χ1) is 32.6. The molecular formula is C52H64N4O13. The molecule has 0 saturated carbocycles. The zero-order valence-corrected chi connectivity index (χ0v) is 41.1. The minimum atomic E-state index is -1.99. The lowest BCUT2D eigenvalue weighted by atomic mass is 9.78. The molecule has 0 unspecified atom stereocenters. The van der Waals surface area contributed by atoms with Crippen molar-refractivity contribution in [2.75, 3.05) is 50.1 Å². The van der Waals surface area contributed by atoms with Gasteiger partial charge >= 0.3 is 11.8 Å². The van der Waals surface area contributed by atoms with Gasteiger partial charge in [-0.05, 0) is 33.8 Å². The number of carbonyl (C=O) groups excluding carboxylic acids is 2. The molecular weight excluding hydrogens is 889 g/mol. The van der Waals surface area contributed by atoms with E-state index in [9.17, 15) is 39.6 Å². The van der Waals surface area contributed by atoms with Gasteiger partial charge in [0.05, 0.1) is 35.2 Å². The van der Waals surface area contributed by atoms with Crippen LogP contribution in [0.25, 0.3) is 38.7 Å². The SMILES string of the molecule is CO[C@H]1/C=C/O[C@@]2(C)Oc3c(C)c(O)c4c(=O)c(c5oc6cc(N7CCN(CC=C(C)C)CC7)cc(=O)c6nc5c4c3=C2O)NC(=O)/C(C)=C\C=C\[C@H](C)[C@H](O)[C@@H](C)[C@@H](O)[C@@H](C)[C@H](OC(C)=O)[C@@H]1C. The number of rotatable bonds is 5. The van der Waals surface area contributed by atoms with Gasteiger partial charge in [-0.1, -0.05) is 57.6 Å². The van der Waals surface area contributed by atoms with E-state index in [0.717, 1.165) is 19.6 Å². The molecule has 4 heterocycles. The number of aliphatic hydroxyl groups excluding tert-OH is 3. The summed E-state index contributed by atoms with van der Waals surface area (Å²) in [7, 11) is 1.45. The van der Waals surface area contributed by atoms with E-state index in [1.165, 1.54) is 64.9 Å². The molecule has 0 radical (unpaired) electrons. The number of phenolic OH excluding ortho intramolecular Hbond substituents is 1. The van der Waals surface area contributed by atoms with E-state index in [-0.39, 0.29) is 60.8 Å². The highest BCUT2D eigenvalue weighted by Gasteiger charge is 2.44. The van der Waals surface area contributed by atoms with E-state index in [2.05, 4.69) is 35.0 Å². The van der Waals surface area contributed by atoms with Crippen molar-refractivity contribution in [1.29, 1.82) is 0 Å². The van der Waals surface area contributed by atoms with Crippen LogP contribution in [-0.4, -0.2) is 112 Å². The number of nitrogens with zero attached hydrogens (tertiary/aromatic N) is 3. The number of aliphatic hydroxyl groups is 3. The molecule has 1 aromatic heterocycles. The van der Waals surface area contributed by atoms with Gasteiger partial charge in [-0.3, -0.25) is 24.1 Å². The second-order valence-corrected chi connectivity index (χ2v) is 19.1. The second kappa shape index (κ2) is 20.0. The molecule has 17 nitrogen and oxygen atoms in total. The Hall–Kier alpha value is -6.27. The molecule has 69 heavy (non-hydrogen) atoms. The summed E-state index contributed by atoms with van der Waals surface area (Å²) in [6.07, 6.45) is 5.73. The zero-order valence-electron chi connectivity index (χ0n) is 41.1. The number of esters is 1. The third kappa shape index (κ3) is 9.69. The molecule has 1 amide bonds. The molecule has 0 spiro atoms. The average Bonchev–Trinajstić information content (AvgIpc) is 3.58. The molecule has 5 N–H and O–H groups in total. The standard InChI is InChI=1S/C52H64N4O13/c1-25(2)15-17-55-18-20-56(21-19-55)33-23-34(58)40-36(24-33)68-49-41(53-40)37-38-45(61)31(8)48-39(37)50(63)52(10,69-48)66-22-16-35(65-11)28(5)47(67-32(9)57)30(7)44(60)29(6)43(59)26(3)13-12-14-27(4)51(64)54-42(49)46(38)62/h12-16,22-24,26,28-30,35,43-44,47,59-61,63H,17-21H2,1-11H3,(H,54,64)/b13-12+,22-16+,27-14-/t26-,28+,29+,30+,35-,43-,44+,47+,52-/m0/s1. The molecule has 7 rings (SSSR count). The number of fused-ring (bicyclic) bond motifs is 2. The van der Waals surface area contributed by atoms with Crippen molar-refractivity contribution in [2.45, 2.75) is 99.4 Å². The lowest BCUT2D eigenvalue weighted by Gasteiger charge is -2.38. The van der Waals surface area contributed by atoms with Crippen molar-refractivity contribution in [3.8, 4) is 11.5 Å². The first-order valence-corrected chi connectivity index (χ1v) is 23.3. The number of hydrogen-bond donors (Lipinski definition) is 5. The van der Waals surface area contributed by atoms with Gasteiger partial charge in [0.25, 0.3) is 5.91 Å². The van der Waals surface area contributed by atoms with Gasteiger partial charge in [0.1, 0.15) is 28.8 Å². The summed E-state index contributed by atoms with van der Waals surface area (Å²) in [6.45, 7) is 20.3. The molecule has 4 aromatic rings. The molecule has 9 atom stereocenters. The van der Waals surface area contributed by atoms with Crippen LogP contribution in [0.4, 0.5) is 11.4 Å². The van der Waals surface area contributed by atoms with Gasteiger partial charge in [-0.2, -0.15) is 0 Å². The number of methoxy groups -OCH3 is 1. The van der Waals surface area contributed by atoms with Crippen molar-refractivity contribution in [3.63, 3.8) is 0 Å². The molecule has 370 valence electrons. The number of piperazine rings is 1. The molecule has 3 aliphatic rings. The molecule has 3 aromatic carbocycles. The maximum atomic E-state index is 14.9. The lowest BCUT2D eigenvalue weighted by Crippen LogP contribution is -2.46. The highest BCUT2D eigenvalue weighted by Crippen LogP contribution is 2.42. The monoisotopic (exact) mass is 952 g/mol. The molecule has 17 heteroatoms. The Labute approximate surface area is 400 Å². The number of anilines is 2. The molecule has 3 aliphatic heterocycles. The Kier molecular flexibility index (Phi) is 14.7. The summed E-state index contributed by atoms with van der Waals surface area (Å²) < 4.78 is 30.6. The van der Waals surface area contributed by atoms with Crippen LogP contribution in [0.5, 0.6) is 11.5 Å². The van der Waals surface area contributed by atoms with Crippen LogP contribution < -0.4 is 31.0 Å². The van der Waals surface area contributed by atoms with E-state index in [4.69, 9.17) is 28.3 Å². The van der Waals surface area contributed by atoms with Crippen LogP contribution in [-0.2, 0) is 23.8 Å². The van der Waals surface area contributed by atoms with E-state index < -0.39 is 88.1 Å². The molecule has 1 fully saturated rings. The predicted molar refractivity (Wildman–Crippen MR) is 263 cm³/mol. The molecule has 0 aliphatic carbocycles. The lowest BCUT2D eigenvalue weighted by molar-refractivity contribution is -0.160. The van der Waals surface area contributed by atoms with Gasteiger partial charge in [-0.15, -0.1) is 0 Å². The third-order valence-electron chi connectivity index (χ3n) is 13.9. The number of phenols is 1. The second-order valence-electron chi connectivity index (χ2n) is 19.1. The van der Waals surface area contributed by atoms with Crippen LogP contribution in [0.2, 0.25) is 0 Å². The average molecular weight is 953 g/mol. The fraction of sp³-hybridized carbons (Fsp3) is 0.481. The number of hydrogen-bond acceptors (Lipinski definition) is 16. The number of benzene rings is 3. The maximum absolute atomic E-state index is 14.9. The number of aromatic hydroxyl groups is 1. The summed E-state index contributed by atoms with van der Waals surface area (Å²) in [5.74, 6) is -6.95. The fourth-order valence-corrected chi connectivity index (χ4v) is 9.56. The number of amides is 1. The Morgan fingerprint density at radius 1 is 0.942 bits per heavy atom. The van der Waals surface area contributed by atoms with Crippen molar-refractivity contribution >= 4 is 62.0 Å². The highest BCUT2D eigenvalue weighted by atomic mass is 16.7. The number of nitrogens with one attached hydrogen (secondary N) is 1. The number of aromatic nitrogens is 1. The molecule has 4 bridgehead atoms. The maximum Gasteiger partial charge on any atom is 0.307 e. The Morgan fingerprint density at radius 3 is 2.29 bits per heavy atom. The summed E-state index contributed by atoms with van der Waals surface area (Å²) in [6, 6.07) is 3.14.